The number of nitrogens with one attached hydrogen (secondary N) is 1. The zero-order chi connectivity index (χ0) is 19.2. The van der Waals surface area contributed by atoms with Gasteiger partial charge in [0, 0.05) is 54.1 Å². The smallest absolute Gasteiger partial charge is 0.204 e. The summed E-state index contributed by atoms with van der Waals surface area (Å²) >= 11 is 0. The zero-order valence-electron chi connectivity index (χ0n) is 16.7. The summed E-state index contributed by atoms with van der Waals surface area (Å²) in [6, 6.07) is 10.1. The highest BCUT2D eigenvalue weighted by Gasteiger charge is 2.23. The quantitative estimate of drug-likeness (QED) is 0.645. The molecule has 1 aliphatic heterocycles. The second-order valence-electron chi connectivity index (χ2n) is 7.02. The molecular weight excluding hydrogens is 340 g/mol. The number of piperidine rings is 1. The normalized spacial score (nSPS) is 15.7. The zero-order valence-corrected chi connectivity index (χ0v) is 16.7. The average molecular weight is 371 g/mol. The van der Waals surface area contributed by atoms with Gasteiger partial charge in [0.25, 0.3) is 0 Å². The third-order valence-corrected chi connectivity index (χ3v) is 4.89. The number of guanidine groups is 1. The van der Waals surface area contributed by atoms with Crippen molar-refractivity contribution in [3.05, 3.63) is 42.2 Å². The van der Waals surface area contributed by atoms with Crippen LogP contribution in [0.4, 0.5) is 5.95 Å². The van der Waals surface area contributed by atoms with Crippen molar-refractivity contribution >= 4 is 11.9 Å². The Morgan fingerprint density at radius 1 is 1.26 bits per heavy atom. The molecule has 1 aromatic heterocycles. The van der Waals surface area contributed by atoms with Crippen LogP contribution < -0.4 is 15.0 Å². The van der Waals surface area contributed by atoms with Crippen molar-refractivity contribution in [2.24, 2.45) is 12.0 Å². The third-order valence-electron chi connectivity index (χ3n) is 4.89. The Labute approximate surface area is 161 Å². The Balaban J connectivity index is 1.50. The first-order chi connectivity index (χ1) is 13.1. The molecule has 2 aromatic rings. The molecule has 0 unspecified atom stereocenters. The molecule has 0 saturated carbocycles. The summed E-state index contributed by atoms with van der Waals surface area (Å²) in [5, 5.41) is 3.47. The van der Waals surface area contributed by atoms with Crippen LogP contribution in [0.5, 0.6) is 5.75 Å². The van der Waals surface area contributed by atoms with E-state index < -0.39 is 0 Å². The molecule has 0 aliphatic carbocycles. The molecule has 0 amide bonds. The molecule has 7 nitrogen and oxygen atoms in total. The number of aromatic nitrogens is 2. The molecule has 1 saturated heterocycles. The van der Waals surface area contributed by atoms with Crippen LogP contribution in [0, 0.1) is 0 Å². The van der Waals surface area contributed by atoms with Crippen LogP contribution in [0.15, 0.2) is 41.5 Å². The van der Waals surface area contributed by atoms with E-state index in [0.717, 1.165) is 49.3 Å². The first-order valence-corrected chi connectivity index (χ1v) is 9.43. The van der Waals surface area contributed by atoms with Gasteiger partial charge in [-0.1, -0.05) is 18.2 Å². The Bertz CT molecular complexity index is 747. The molecule has 0 bridgehead atoms. The van der Waals surface area contributed by atoms with Gasteiger partial charge < -0.3 is 24.4 Å². The lowest BCUT2D eigenvalue weighted by Crippen LogP contribution is -2.47. The predicted molar refractivity (Wildman–Crippen MR) is 109 cm³/mol. The van der Waals surface area contributed by atoms with Crippen molar-refractivity contribution in [3.63, 3.8) is 0 Å². The maximum absolute atomic E-state index is 6.08. The minimum Gasteiger partial charge on any atom is -0.490 e. The van der Waals surface area contributed by atoms with Gasteiger partial charge in [-0.25, -0.2) is 4.98 Å². The number of likely N-dealkylation sites (tertiary alicyclic amines) is 1. The van der Waals surface area contributed by atoms with Gasteiger partial charge in [0.05, 0.1) is 18.4 Å². The lowest BCUT2D eigenvalue weighted by atomic mass is 10.1. The summed E-state index contributed by atoms with van der Waals surface area (Å²) < 4.78 is 8.18. The standard InChI is InChI=1S/C20H30N6O/c1-21-19(22-14-16-15-23-20(24(2)3)25(16)4)26-12-10-18(11-13-26)27-17-8-6-5-7-9-17/h5-9,15,18H,10-14H2,1-4H3,(H,21,22). The van der Waals surface area contributed by atoms with Gasteiger partial charge >= 0.3 is 0 Å². The number of anilines is 1. The van der Waals surface area contributed by atoms with Crippen LogP contribution in [-0.2, 0) is 13.6 Å². The lowest BCUT2D eigenvalue weighted by Gasteiger charge is -2.34. The number of hydrogen-bond acceptors (Lipinski definition) is 4. The lowest BCUT2D eigenvalue weighted by molar-refractivity contribution is 0.129. The van der Waals surface area contributed by atoms with E-state index in [4.69, 9.17) is 4.74 Å². The van der Waals surface area contributed by atoms with Gasteiger partial charge in [0.2, 0.25) is 5.95 Å². The van der Waals surface area contributed by atoms with Gasteiger partial charge in [-0.15, -0.1) is 0 Å². The van der Waals surface area contributed by atoms with E-state index >= 15 is 0 Å². The van der Waals surface area contributed by atoms with E-state index in [1.807, 2.05) is 69.6 Å². The second-order valence-corrected chi connectivity index (χ2v) is 7.02. The highest BCUT2D eigenvalue weighted by atomic mass is 16.5. The third kappa shape index (κ3) is 4.72. The van der Waals surface area contributed by atoms with E-state index in [-0.39, 0.29) is 6.10 Å². The summed E-state index contributed by atoms with van der Waals surface area (Å²) in [5.41, 5.74) is 1.13. The number of rotatable bonds is 5. The van der Waals surface area contributed by atoms with E-state index in [0.29, 0.717) is 6.54 Å². The van der Waals surface area contributed by atoms with Gasteiger partial charge in [0.15, 0.2) is 5.96 Å². The van der Waals surface area contributed by atoms with Crippen molar-refractivity contribution in [2.75, 3.05) is 39.1 Å². The van der Waals surface area contributed by atoms with Crippen LogP contribution >= 0.6 is 0 Å². The van der Waals surface area contributed by atoms with Crippen LogP contribution in [0.2, 0.25) is 0 Å². The highest BCUT2D eigenvalue weighted by molar-refractivity contribution is 5.79. The maximum Gasteiger partial charge on any atom is 0.204 e. The van der Waals surface area contributed by atoms with E-state index in [1.54, 1.807) is 0 Å². The molecule has 7 heteroatoms. The number of imidazole rings is 1. The molecule has 1 fully saturated rings. The van der Waals surface area contributed by atoms with E-state index in [2.05, 4.69) is 24.8 Å². The Morgan fingerprint density at radius 2 is 1.96 bits per heavy atom. The molecule has 0 radical (unpaired) electrons. The number of aliphatic imine (C=N–C) groups is 1. The molecule has 2 heterocycles. The van der Waals surface area contributed by atoms with Gasteiger partial charge in [-0.3, -0.25) is 4.99 Å². The van der Waals surface area contributed by atoms with Crippen LogP contribution in [-0.4, -0.2) is 60.7 Å². The number of hydrogen-bond donors (Lipinski definition) is 1. The Hall–Kier alpha value is -2.70. The van der Waals surface area contributed by atoms with E-state index in [9.17, 15) is 0 Å². The first-order valence-electron chi connectivity index (χ1n) is 9.43. The molecule has 1 N–H and O–H groups in total. The number of para-hydroxylation sites is 1. The number of ether oxygens (including phenoxy) is 1. The summed E-state index contributed by atoms with van der Waals surface area (Å²) in [6.45, 7) is 2.57. The molecule has 1 aromatic carbocycles. The van der Waals surface area contributed by atoms with Crippen molar-refractivity contribution in [3.8, 4) is 5.75 Å². The van der Waals surface area contributed by atoms with Crippen LogP contribution in [0.1, 0.15) is 18.5 Å². The number of benzene rings is 1. The Kier molecular flexibility index (Phi) is 6.21. The molecule has 0 spiro atoms. The SMILES string of the molecule is CN=C(NCc1cnc(N(C)C)n1C)N1CCC(Oc2ccccc2)CC1. The molecular formula is C20H30N6O. The summed E-state index contributed by atoms with van der Waals surface area (Å²) in [4.78, 5) is 13.2. The van der Waals surface area contributed by atoms with Crippen molar-refractivity contribution in [1.82, 2.24) is 19.8 Å². The van der Waals surface area contributed by atoms with Crippen LogP contribution in [0.25, 0.3) is 0 Å². The largest absolute Gasteiger partial charge is 0.490 e. The molecule has 1 aliphatic rings. The minimum atomic E-state index is 0.265. The summed E-state index contributed by atoms with van der Waals surface area (Å²) in [6.07, 6.45) is 4.16. The predicted octanol–water partition coefficient (Wildman–Crippen LogP) is 2.10. The minimum absolute atomic E-state index is 0.265. The average Bonchev–Trinajstić information content (AvgIpc) is 3.05. The highest BCUT2D eigenvalue weighted by Crippen LogP contribution is 2.19. The molecule has 27 heavy (non-hydrogen) atoms. The fraction of sp³-hybridized carbons (Fsp3) is 0.500. The van der Waals surface area contributed by atoms with Gasteiger partial charge in [0.1, 0.15) is 11.9 Å². The first kappa shape index (κ1) is 19.1. The molecule has 3 rings (SSSR count). The van der Waals surface area contributed by atoms with Gasteiger partial charge in [-0.2, -0.15) is 0 Å². The topological polar surface area (TPSA) is 57.9 Å². The number of nitrogens with zero attached hydrogens (tertiary/aromatic N) is 5. The van der Waals surface area contributed by atoms with Crippen molar-refractivity contribution in [2.45, 2.75) is 25.5 Å². The Morgan fingerprint density at radius 3 is 2.56 bits per heavy atom. The van der Waals surface area contributed by atoms with Gasteiger partial charge in [-0.05, 0) is 12.1 Å². The maximum atomic E-state index is 6.08. The fourth-order valence-corrected chi connectivity index (χ4v) is 3.39. The summed E-state index contributed by atoms with van der Waals surface area (Å²) in [5.74, 6) is 2.83. The second kappa shape index (κ2) is 8.79. The van der Waals surface area contributed by atoms with Crippen molar-refractivity contribution in [1.29, 1.82) is 0 Å². The molecule has 0 atom stereocenters. The van der Waals surface area contributed by atoms with Crippen LogP contribution in [0.3, 0.4) is 0 Å². The molecule has 146 valence electrons. The van der Waals surface area contributed by atoms with E-state index in [1.165, 1.54) is 0 Å². The summed E-state index contributed by atoms with van der Waals surface area (Å²) in [7, 11) is 7.87. The fourth-order valence-electron chi connectivity index (χ4n) is 3.39. The monoisotopic (exact) mass is 370 g/mol. The van der Waals surface area contributed by atoms with Crippen molar-refractivity contribution < 1.29 is 4.74 Å².